The Balaban J connectivity index is 1.14. The largest absolute Gasteiger partial charge is 0.503 e. The minimum Gasteiger partial charge on any atom is -0.487 e. The van der Waals surface area contributed by atoms with Crippen molar-refractivity contribution in [1.82, 2.24) is 14.9 Å². The van der Waals surface area contributed by atoms with E-state index in [0.29, 0.717) is 67.9 Å². The van der Waals surface area contributed by atoms with Crippen LogP contribution in [-0.4, -0.2) is 65.9 Å². The van der Waals surface area contributed by atoms with E-state index in [9.17, 15) is 27.1 Å². The summed E-state index contributed by atoms with van der Waals surface area (Å²) in [5.41, 5.74) is 2.90. The third kappa shape index (κ3) is 10.0. The van der Waals surface area contributed by atoms with E-state index in [0.717, 1.165) is 17.8 Å². The van der Waals surface area contributed by atoms with Gasteiger partial charge >= 0.3 is 13.6 Å². The molecule has 0 fully saturated rings. The molecule has 0 radical (unpaired) electrons. The second kappa shape index (κ2) is 15.8. The van der Waals surface area contributed by atoms with Crippen molar-refractivity contribution in [2.75, 3.05) is 37.3 Å². The van der Waals surface area contributed by atoms with Crippen molar-refractivity contribution in [1.29, 1.82) is 0 Å². The summed E-state index contributed by atoms with van der Waals surface area (Å²) >= 11 is 6.50. The Bertz CT molecular complexity index is 2390. The molecule has 3 aromatic carbocycles. The van der Waals surface area contributed by atoms with E-state index in [-0.39, 0.29) is 35.8 Å². The van der Waals surface area contributed by atoms with Crippen LogP contribution in [-0.2, 0) is 36.8 Å². The van der Waals surface area contributed by atoms with Gasteiger partial charge in [-0.1, -0.05) is 23.7 Å². The molecule has 2 aromatic heterocycles. The zero-order chi connectivity index (χ0) is 37.8. The number of nitroso groups, excluding NO2 is 1. The van der Waals surface area contributed by atoms with Gasteiger partial charge in [0.1, 0.15) is 56.2 Å². The molecule has 1 N–H and O–H groups in total. The number of nitrogens with zero attached hydrogens (tertiary/aromatic N) is 4. The Hall–Kier alpha value is -5.15. The molecule has 0 bridgehead atoms. The zero-order valence-corrected chi connectivity index (χ0v) is 30.9. The predicted molar refractivity (Wildman–Crippen MR) is 195 cm³/mol. The Morgan fingerprint density at radius 2 is 1.92 bits per heavy atom. The van der Waals surface area contributed by atoms with E-state index < -0.39 is 30.2 Å². The van der Waals surface area contributed by atoms with Crippen molar-refractivity contribution in [2.24, 2.45) is 0 Å². The van der Waals surface area contributed by atoms with E-state index in [1.165, 1.54) is 18.5 Å². The van der Waals surface area contributed by atoms with E-state index in [1.54, 1.807) is 60.7 Å². The molecule has 14 nitrogen and oxygen atoms in total. The summed E-state index contributed by atoms with van der Waals surface area (Å²) in [5.74, 6) is 0.946. The van der Waals surface area contributed by atoms with Gasteiger partial charge in [-0.15, -0.1) is 0 Å². The van der Waals surface area contributed by atoms with Crippen molar-refractivity contribution in [3.05, 3.63) is 118 Å². The number of amides is 1. The lowest BCUT2D eigenvalue weighted by atomic mass is 10.1. The molecule has 53 heavy (non-hydrogen) atoms. The molecule has 6 rings (SSSR count). The number of sulfone groups is 1. The lowest BCUT2D eigenvalue weighted by Crippen LogP contribution is -2.35. The smallest absolute Gasteiger partial charge is 0.487 e. The molecule has 1 amide bonds. The highest BCUT2D eigenvalue weighted by molar-refractivity contribution is 7.90. The monoisotopic (exact) mass is 784 g/mol. The molecular weight excluding hydrogens is 752 g/mol. The molecule has 1 unspecified atom stereocenters. The van der Waals surface area contributed by atoms with Crippen LogP contribution in [0.1, 0.15) is 17.7 Å². The predicted octanol–water partition coefficient (Wildman–Crippen LogP) is 7.85. The van der Waals surface area contributed by atoms with Crippen molar-refractivity contribution in [2.45, 2.75) is 19.6 Å². The third-order valence-corrected chi connectivity index (χ3v) is 10.6. The number of halogens is 2. The summed E-state index contributed by atoms with van der Waals surface area (Å²) in [6.07, 6.45) is 3.48. The molecule has 2 heterocycles. The second-order valence-corrected chi connectivity index (χ2v) is 17.0. The van der Waals surface area contributed by atoms with Crippen molar-refractivity contribution < 1.29 is 45.1 Å². The van der Waals surface area contributed by atoms with Gasteiger partial charge in [0.05, 0.1) is 35.9 Å². The van der Waals surface area contributed by atoms with E-state index >= 15 is 0 Å². The van der Waals surface area contributed by atoms with Crippen LogP contribution in [0.3, 0.4) is 0 Å². The van der Waals surface area contributed by atoms with Gasteiger partial charge < -0.3 is 19.2 Å². The maximum Gasteiger partial charge on any atom is 0.503 e. The van der Waals surface area contributed by atoms with E-state index in [1.807, 2.05) is 6.07 Å². The molecule has 1 aliphatic carbocycles. The summed E-state index contributed by atoms with van der Waals surface area (Å²) in [6, 6.07) is 20.0. The maximum absolute atomic E-state index is 13.5. The molecule has 0 aliphatic heterocycles. The Morgan fingerprint density at radius 1 is 1.11 bits per heavy atom. The fourth-order valence-corrected chi connectivity index (χ4v) is 6.77. The number of rotatable bonds is 16. The first-order valence-electron chi connectivity index (χ1n) is 16.0. The molecule has 276 valence electrons. The summed E-state index contributed by atoms with van der Waals surface area (Å²) in [6.45, 7) is 0.0714. The average Bonchev–Trinajstić information content (AvgIpc) is 3.86. The maximum atomic E-state index is 13.5. The van der Waals surface area contributed by atoms with Crippen molar-refractivity contribution in [3.8, 4) is 17.1 Å². The van der Waals surface area contributed by atoms with Gasteiger partial charge in [0.25, 0.3) is 0 Å². The standard InChI is InChI=1S/C35H33ClFN5O9PS/c1-52(45,42(44)27-8-9-27)50-22-49-35(43)41(14-15-53(2,46)47)19-28-10-13-32(51-28)24-6-11-31-29(17-24)34(39-21-38-31)40-26-7-12-33(30(36)18-26)48-20-23-4-3-5-25(37)16-23/h3-8,10-13,16-18,21H,9,14-15,19-20,22H2,1-2H3,(H,38,39,40)/q+1. The Labute approximate surface area is 308 Å². The number of allylic oxidation sites excluding steroid dienone is 2. The number of hydrogen-bond acceptors (Lipinski definition) is 12. The number of benzene rings is 3. The molecule has 5 aromatic rings. The fourth-order valence-electron chi connectivity index (χ4n) is 5.00. The number of anilines is 2. The highest BCUT2D eigenvalue weighted by atomic mass is 35.5. The second-order valence-electron chi connectivity index (χ2n) is 12.1. The number of aromatic nitrogens is 2. The molecule has 0 spiro atoms. The first-order chi connectivity index (χ1) is 25.2. The van der Waals surface area contributed by atoms with Gasteiger partial charge in [-0.05, 0) is 72.3 Å². The van der Waals surface area contributed by atoms with Crippen LogP contribution in [0.5, 0.6) is 5.75 Å². The lowest BCUT2D eigenvalue weighted by Gasteiger charge is -2.20. The zero-order valence-electron chi connectivity index (χ0n) is 28.4. The highest BCUT2D eigenvalue weighted by Crippen LogP contribution is 2.48. The third-order valence-electron chi connectivity index (χ3n) is 7.83. The number of carbonyl (C=O) groups is 1. The molecule has 1 atom stereocenters. The summed E-state index contributed by atoms with van der Waals surface area (Å²) in [5, 5.41) is 4.25. The van der Waals surface area contributed by atoms with E-state index in [4.69, 9.17) is 30.0 Å². The quantitative estimate of drug-likeness (QED) is 0.0760. The van der Waals surface area contributed by atoms with Gasteiger partial charge in [-0.2, -0.15) is 0 Å². The van der Waals surface area contributed by atoms with Gasteiger partial charge in [0, 0.05) is 34.3 Å². The SMILES string of the molecule is CP(=O)(OCOC(=O)N(CCS(C)(=O)=O)Cc1ccc(-c2ccc3ncnc(Nc4ccc(OCc5cccc(F)c5)c(Cl)c4)c3c2)o1)[N+](=O)C1=CC1. The summed E-state index contributed by atoms with van der Waals surface area (Å²) in [4.78, 5) is 34.9. The van der Waals surface area contributed by atoms with Gasteiger partial charge in [-0.3, -0.25) is 4.90 Å². The normalized spacial score (nSPS) is 13.5. The Kier molecular flexibility index (Phi) is 11.2. The fraction of sp³-hybridized carbons (Fsp3) is 0.229. The van der Waals surface area contributed by atoms with Gasteiger partial charge in [0.15, 0.2) is 0 Å². The average molecular weight is 785 g/mol. The lowest BCUT2D eigenvalue weighted by molar-refractivity contribution is -0.345. The van der Waals surface area contributed by atoms with Gasteiger partial charge in [0.2, 0.25) is 12.5 Å². The number of hydrogen-bond donors (Lipinski definition) is 1. The van der Waals surface area contributed by atoms with Crippen LogP contribution < -0.4 is 10.1 Å². The number of furan rings is 1. The highest BCUT2D eigenvalue weighted by Gasteiger charge is 2.43. The first-order valence-corrected chi connectivity index (χ1v) is 20.5. The first kappa shape index (κ1) is 37.6. The van der Waals surface area contributed by atoms with Crippen LogP contribution in [0.25, 0.3) is 22.2 Å². The molecule has 0 saturated heterocycles. The number of ether oxygens (including phenoxy) is 2. The van der Waals surface area contributed by atoms with Crippen molar-refractivity contribution in [3.63, 3.8) is 0 Å². The van der Waals surface area contributed by atoms with Crippen LogP contribution in [0, 0.1) is 10.7 Å². The number of fused-ring (bicyclic) bond motifs is 1. The topological polar surface area (TPSA) is 170 Å². The number of nitrogens with one attached hydrogen (secondary N) is 1. The summed E-state index contributed by atoms with van der Waals surface area (Å²) in [7, 11) is -7.26. The molecule has 18 heteroatoms. The molecule has 0 saturated carbocycles. The van der Waals surface area contributed by atoms with Crippen LogP contribution in [0.15, 0.2) is 95.3 Å². The minimum atomic E-state index is -3.80. The van der Waals surface area contributed by atoms with Crippen LogP contribution in [0.4, 0.5) is 20.7 Å². The van der Waals surface area contributed by atoms with E-state index in [2.05, 4.69) is 15.3 Å². The van der Waals surface area contributed by atoms with Crippen LogP contribution >= 0.6 is 19.1 Å². The van der Waals surface area contributed by atoms with Crippen LogP contribution in [0.2, 0.25) is 5.02 Å². The summed E-state index contributed by atoms with van der Waals surface area (Å²) < 4.78 is 72.2. The van der Waals surface area contributed by atoms with Crippen molar-refractivity contribution >= 4 is 57.5 Å². The molecule has 1 aliphatic rings. The van der Waals surface area contributed by atoms with Gasteiger partial charge in [-0.25, -0.2) is 36.7 Å². The Morgan fingerprint density at radius 3 is 2.66 bits per heavy atom. The molecular formula is C35H33ClFN5O9PS+. The minimum absolute atomic E-state index is 0.139. The number of carbonyl (C=O) groups excluding carboxylic acids is 1.